The Labute approximate surface area is 101 Å². The molecule has 0 unspecified atom stereocenters. The highest BCUT2D eigenvalue weighted by Crippen LogP contribution is 2.22. The first-order valence-electron chi connectivity index (χ1n) is 5.67. The fourth-order valence-electron chi connectivity index (χ4n) is 1.96. The molecule has 0 saturated heterocycles. The lowest BCUT2D eigenvalue weighted by molar-refractivity contribution is 0.0957. The molecule has 0 aliphatic rings. The van der Waals surface area contributed by atoms with Gasteiger partial charge in [0.2, 0.25) is 0 Å². The van der Waals surface area contributed by atoms with E-state index in [4.69, 9.17) is 0 Å². The SMILES string of the molecule is C=Cc1ccc2c(C(=O)NCC)cn(C)c2c1. The number of carbonyl (C=O) groups excluding carboxylic acids is 1. The Balaban J connectivity index is 2.59. The van der Waals surface area contributed by atoms with Gasteiger partial charge in [0.15, 0.2) is 0 Å². The van der Waals surface area contributed by atoms with E-state index in [0.29, 0.717) is 6.54 Å². The predicted molar refractivity (Wildman–Crippen MR) is 71.0 cm³/mol. The number of nitrogens with zero attached hydrogens (tertiary/aromatic N) is 1. The molecule has 0 radical (unpaired) electrons. The van der Waals surface area contributed by atoms with Crippen molar-refractivity contribution in [2.75, 3.05) is 6.54 Å². The Bertz CT molecular complexity index is 581. The van der Waals surface area contributed by atoms with E-state index in [1.807, 2.05) is 42.9 Å². The third-order valence-electron chi connectivity index (χ3n) is 2.83. The third-order valence-corrected chi connectivity index (χ3v) is 2.83. The summed E-state index contributed by atoms with van der Waals surface area (Å²) in [6.07, 6.45) is 3.67. The highest BCUT2D eigenvalue weighted by atomic mass is 16.1. The summed E-state index contributed by atoms with van der Waals surface area (Å²) in [7, 11) is 1.94. The Hall–Kier alpha value is -2.03. The molecule has 2 rings (SSSR count). The van der Waals surface area contributed by atoms with Gasteiger partial charge in [-0.05, 0) is 18.6 Å². The number of aromatic nitrogens is 1. The van der Waals surface area contributed by atoms with Crippen molar-refractivity contribution in [2.24, 2.45) is 7.05 Å². The summed E-state index contributed by atoms with van der Waals surface area (Å²) in [4.78, 5) is 11.9. The largest absolute Gasteiger partial charge is 0.352 e. The molecule has 88 valence electrons. The fourth-order valence-corrected chi connectivity index (χ4v) is 1.96. The average molecular weight is 228 g/mol. The molecule has 1 N–H and O–H groups in total. The highest BCUT2D eigenvalue weighted by Gasteiger charge is 2.12. The van der Waals surface area contributed by atoms with E-state index in [1.165, 1.54) is 0 Å². The van der Waals surface area contributed by atoms with E-state index in [2.05, 4.69) is 11.9 Å². The fraction of sp³-hybridized carbons (Fsp3) is 0.214. The number of rotatable bonds is 3. The molecule has 0 spiro atoms. The topological polar surface area (TPSA) is 34.0 Å². The number of benzene rings is 1. The molecule has 3 nitrogen and oxygen atoms in total. The molecule has 0 aliphatic heterocycles. The van der Waals surface area contributed by atoms with Gasteiger partial charge in [0.05, 0.1) is 5.56 Å². The molecule has 0 fully saturated rings. The van der Waals surface area contributed by atoms with E-state index < -0.39 is 0 Å². The molecule has 1 aromatic carbocycles. The van der Waals surface area contributed by atoms with Crippen LogP contribution in [0.2, 0.25) is 0 Å². The third kappa shape index (κ3) is 1.96. The van der Waals surface area contributed by atoms with Crippen molar-refractivity contribution < 1.29 is 4.79 Å². The zero-order chi connectivity index (χ0) is 12.4. The van der Waals surface area contributed by atoms with Crippen LogP contribution in [0.15, 0.2) is 31.0 Å². The van der Waals surface area contributed by atoms with Gasteiger partial charge in [-0.1, -0.05) is 24.8 Å². The summed E-state index contributed by atoms with van der Waals surface area (Å²) in [5.41, 5.74) is 2.82. The molecule has 0 atom stereocenters. The van der Waals surface area contributed by atoms with Crippen molar-refractivity contribution in [3.63, 3.8) is 0 Å². The quantitative estimate of drug-likeness (QED) is 0.860. The lowest BCUT2D eigenvalue weighted by Gasteiger charge is -2.00. The van der Waals surface area contributed by atoms with E-state index in [-0.39, 0.29) is 5.91 Å². The zero-order valence-corrected chi connectivity index (χ0v) is 10.2. The first kappa shape index (κ1) is 11.5. The molecule has 0 bridgehead atoms. The number of hydrogen-bond acceptors (Lipinski definition) is 1. The maximum absolute atomic E-state index is 11.9. The minimum atomic E-state index is -0.0237. The van der Waals surface area contributed by atoms with E-state index in [0.717, 1.165) is 22.0 Å². The minimum Gasteiger partial charge on any atom is -0.352 e. The van der Waals surface area contributed by atoms with Gasteiger partial charge in [0.25, 0.3) is 5.91 Å². The van der Waals surface area contributed by atoms with Crippen molar-refractivity contribution in [3.05, 3.63) is 42.1 Å². The number of hydrogen-bond donors (Lipinski definition) is 1. The molecule has 0 saturated carbocycles. The van der Waals surface area contributed by atoms with Crippen LogP contribution in [0.4, 0.5) is 0 Å². The molecular weight excluding hydrogens is 212 g/mol. The van der Waals surface area contributed by atoms with Gasteiger partial charge in [0.1, 0.15) is 0 Å². The number of aryl methyl sites for hydroxylation is 1. The smallest absolute Gasteiger partial charge is 0.253 e. The van der Waals surface area contributed by atoms with Gasteiger partial charge in [-0.2, -0.15) is 0 Å². The minimum absolute atomic E-state index is 0.0237. The van der Waals surface area contributed by atoms with Crippen molar-refractivity contribution >= 4 is 22.9 Å². The van der Waals surface area contributed by atoms with Crippen molar-refractivity contribution in [1.29, 1.82) is 0 Å². The first-order valence-corrected chi connectivity index (χ1v) is 5.67. The number of nitrogens with one attached hydrogen (secondary N) is 1. The van der Waals surface area contributed by atoms with Crippen LogP contribution in [0.3, 0.4) is 0 Å². The van der Waals surface area contributed by atoms with Crippen LogP contribution >= 0.6 is 0 Å². The second kappa shape index (κ2) is 4.45. The Kier molecular flexibility index (Phi) is 3.00. The molecule has 17 heavy (non-hydrogen) atoms. The lowest BCUT2D eigenvalue weighted by atomic mass is 10.1. The van der Waals surface area contributed by atoms with E-state index in [9.17, 15) is 4.79 Å². The van der Waals surface area contributed by atoms with Crippen LogP contribution < -0.4 is 5.32 Å². The zero-order valence-electron chi connectivity index (χ0n) is 10.2. The first-order chi connectivity index (χ1) is 8.17. The van der Waals surface area contributed by atoms with Crippen LogP contribution in [0.25, 0.3) is 17.0 Å². The monoisotopic (exact) mass is 228 g/mol. The lowest BCUT2D eigenvalue weighted by Crippen LogP contribution is -2.22. The van der Waals surface area contributed by atoms with E-state index >= 15 is 0 Å². The van der Waals surface area contributed by atoms with Crippen LogP contribution in [0.1, 0.15) is 22.8 Å². The predicted octanol–water partition coefficient (Wildman–Crippen LogP) is 2.57. The second-order valence-electron chi connectivity index (χ2n) is 3.99. The van der Waals surface area contributed by atoms with Gasteiger partial charge in [-0.25, -0.2) is 0 Å². The summed E-state index contributed by atoms with van der Waals surface area (Å²) < 4.78 is 1.97. The standard InChI is InChI=1S/C14H16N2O/c1-4-10-6-7-11-12(14(17)15-5-2)9-16(3)13(11)8-10/h4,6-9H,1,5H2,2-3H3,(H,15,17). The maximum atomic E-state index is 11.9. The average Bonchev–Trinajstić information content (AvgIpc) is 2.67. The Morgan fingerprint density at radius 3 is 2.94 bits per heavy atom. The van der Waals surface area contributed by atoms with Crippen LogP contribution in [0.5, 0.6) is 0 Å². The second-order valence-corrected chi connectivity index (χ2v) is 3.99. The Morgan fingerprint density at radius 2 is 2.29 bits per heavy atom. The normalized spacial score (nSPS) is 10.5. The van der Waals surface area contributed by atoms with E-state index in [1.54, 1.807) is 6.08 Å². The molecule has 3 heteroatoms. The van der Waals surface area contributed by atoms with Crippen LogP contribution in [0, 0.1) is 0 Å². The number of amides is 1. The summed E-state index contributed by atoms with van der Waals surface area (Å²) >= 11 is 0. The molecule has 1 amide bonds. The van der Waals surface area contributed by atoms with Crippen molar-refractivity contribution in [1.82, 2.24) is 9.88 Å². The summed E-state index contributed by atoms with van der Waals surface area (Å²) in [6.45, 7) is 6.30. The molecule has 2 aromatic rings. The summed E-state index contributed by atoms with van der Waals surface area (Å²) in [5.74, 6) is -0.0237. The molecule has 0 aliphatic carbocycles. The molecule has 1 aromatic heterocycles. The number of carbonyl (C=O) groups is 1. The van der Waals surface area contributed by atoms with Crippen LogP contribution in [-0.4, -0.2) is 17.0 Å². The van der Waals surface area contributed by atoms with Gasteiger partial charge < -0.3 is 9.88 Å². The maximum Gasteiger partial charge on any atom is 0.253 e. The van der Waals surface area contributed by atoms with Gasteiger partial charge in [-0.15, -0.1) is 0 Å². The van der Waals surface area contributed by atoms with Gasteiger partial charge >= 0.3 is 0 Å². The van der Waals surface area contributed by atoms with Crippen molar-refractivity contribution in [2.45, 2.75) is 6.92 Å². The van der Waals surface area contributed by atoms with Crippen molar-refractivity contribution in [3.8, 4) is 0 Å². The highest BCUT2D eigenvalue weighted by molar-refractivity contribution is 6.07. The number of fused-ring (bicyclic) bond motifs is 1. The molecular formula is C14H16N2O. The van der Waals surface area contributed by atoms with Gasteiger partial charge in [0, 0.05) is 30.7 Å². The summed E-state index contributed by atoms with van der Waals surface area (Å²) in [6, 6.07) is 5.97. The van der Waals surface area contributed by atoms with Gasteiger partial charge in [-0.3, -0.25) is 4.79 Å². The summed E-state index contributed by atoms with van der Waals surface area (Å²) in [5, 5.41) is 3.80. The molecule has 1 heterocycles. The Morgan fingerprint density at radius 1 is 1.53 bits per heavy atom. The van der Waals surface area contributed by atoms with Crippen LogP contribution in [-0.2, 0) is 7.05 Å².